The molecule has 0 aliphatic rings. The van der Waals surface area contributed by atoms with Crippen molar-refractivity contribution in [1.82, 2.24) is 0 Å². The first kappa shape index (κ1) is 24.1. The zero-order valence-corrected chi connectivity index (χ0v) is 19.6. The highest BCUT2D eigenvalue weighted by Crippen LogP contribution is 2.30. The third kappa shape index (κ3) is 6.58. The summed E-state index contributed by atoms with van der Waals surface area (Å²) in [4.78, 5) is 0. The van der Waals surface area contributed by atoms with Gasteiger partial charge in [0.2, 0.25) is 0 Å². The molecule has 2 aromatic rings. The minimum Gasteiger partial charge on any atom is -0.496 e. The molecular formula is C26H40O2. The van der Waals surface area contributed by atoms with Gasteiger partial charge < -0.3 is 9.47 Å². The molecule has 0 saturated carbocycles. The normalized spacial score (nSPS) is 11.1. The number of methoxy groups -OCH3 is 2. The number of hydrogen-bond donors (Lipinski definition) is 0. The molecule has 0 atom stereocenters. The van der Waals surface area contributed by atoms with E-state index in [1.165, 1.54) is 22.3 Å². The summed E-state index contributed by atoms with van der Waals surface area (Å²) in [7, 11) is 3.48. The maximum Gasteiger partial charge on any atom is 0.122 e. The molecule has 2 rings (SSSR count). The molecule has 0 aliphatic carbocycles. The largest absolute Gasteiger partial charge is 0.496 e. The zero-order valence-electron chi connectivity index (χ0n) is 19.6. The smallest absolute Gasteiger partial charge is 0.122 e. The Morgan fingerprint density at radius 2 is 0.821 bits per heavy atom. The van der Waals surface area contributed by atoms with E-state index in [2.05, 4.69) is 91.8 Å². The first-order chi connectivity index (χ1) is 13.1. The molecule has 0 spiro atoms. The zero-order chi connectivity index (χ0) is 21.4. The van der Waals surface area contributed by atoms with Crippen molar-refractivity contribution in [3.05, 3.63) is 58.7 Å². The quantitative estimate of drug-likeness (QED) is 0.504. The second-order valence-electron chi connectivity index (χ2n) is 8.62. The van der Waals surface area contributed by atoms with Gasteiger partial charge in [-0.15, -0.1) is 0 Å². The summed E-state index contributed by atoms with van der Waals surface area (Å²) < 4.78 is 10.8. The molecule has 2 nitrogen and oxygen atoms in total. The van der Waals surface area contributed by atoms with Crippen LogP contribution in [0.25, 0.3) is 0 Å². The highest BCUT2D eigenvalue weighted by molar-refractivity contribution is 5.41. The topological polar surface area (TPSA) is 18.5 Å². The molecule has 0 amide bonds. The third-order valence-corrected chi connectivity index (χ3v) is 5.09. The molecule has 0 heterocycles. The average molecular weight is 385 g/mol. The lowest BCUT2D eigenvalue weighted by atomic mass is 9.96. The van der Waals surface area contributed by atoms with Crippen LogP contribution in [-0.2, 0) is 0 Å². The van der Waals surface area contributed by atoms with E-state index in [1.54, 1.807) is 14.2 Å². The van der Waals surface area contributed by atoms with Gasteiger partial charge in [-0.2, -0.15) is 0 Å². The van der Waals surface area contributed by atoms with Crippen LogP contribution < -0.4 is 9.47 Å². The van der Waals surface area contributed by atoms with Gasteiger partial charge >= 0.3 is 0 Å². The van der Waals surface area contributed by atoms with Gasteiger partial charge in [0, 0.05) is 0 Å². The van der Waals surface area contributed by atoms with E-state index in [0.29, 0.717) is 23.7 Å². The fourth-order valence-electron chi connectivity index (χ4n) is 3.13. The molecule has 156 valence electrons. The molecular weight excluding hydrogens is 344 g/mol. The summed E-state index contributed by atoms with van der Waals surface area (Å²) >= 11 is 0. The van der Waals surface area contributed by atoms with Crippen LogP contribution in [0.5, 0.6) is 11.5 Å². The lowest BCUT2D eigenvalue weighted by Crippen LogP contribution is -1.96. The molecule has 28 heavy (non-hydrogen) atoms. The lowest BCUT2D eigenvalue weighted by molar-refractivity contribution is 0.406. The van der Waals surface area contributed by atoms with Crippen molar-refractivity contribution in [3.8, 4) is 11.5 Å². The van der Waals surface area contributed by atoms with Crippen LogP contribution in [0.15, 0.2) is 36.4 Å². The molecule has 0 N–H and O–H groups in total. The number of ether oxygens (including phenoxy) is 2. The summed E-state index contributed by atoms with van der Waals surface area (Å²) in [6.07, 6.45) is 0. The Bertz CT molecular complexity index is 664. The summed E-state index contributed by atoms with van der Waals surface area (Å²) in [5.41, 5.74) is 5.26. The van der Waals surface area contributed by atoms with E-state index in [-0.39, 0.29) is 0 Å². The van der Waals surface area contributed by atoms with Gasteiger partial charge in [-0.1, -0.05) is 79.7 Å². The van der Waals surface area contributed by atoms with E-state index in [9.17, 15) is 0 Å². The Kier molecular flexibility index (Phi) is 9.58. The molecule has 0 bridgehead atoms. The van der Waals surface area contributed by atoms with Crippen LogP contribution in [-0.4, -0.2) is 14.2 Å². The molecule has 2 aromatic carbocycles. The number of hydrogen-bond acceptors (Lipinski definition) is 2. The molecule has 0 saturated heterocycles. The van der Waals surface area contributed by atoms with E-state index < -0.39 is 0 Å². The van der Waals surface area contributed by atoms with Gasteiger partial charge in [-0.25, -0.2) is 0 Å². The maximum atomic E-state index is 5.40. The average Bonchev–Trinajstić information content (AvgIpc) is 2.66. The summed E-state index contributed by atoms with van der Waals surface area (Å²) in [6, 6.07) is 13.1. The second-order valence-corrected chi connectivity index (χ2v) is 8.62. The Morgan fingerprint density at radius 1 is 0.500 bits per heavy atom. The molecule has 0 radical (unpaired) electrons. The van der Waals surface area contributed by atoms with Gasteiger partial charge in [0.15, 0.2) is 0 Å². The Balaban J connectivity index is 0.000000280. The van der Waals surface area contributed by atoms with Crippen molar-refractivity contribution < 1.29 is 9.47 Å². The van der Waals surface area contributed by atoms with Gasteiger partial charge in [-0.05, 0) is 58.1 Å². The van der Waals surface area contributed by atoms with Crippen molar-refractivity contribution in [2.75, 3.05) is 14.2 Å². The minimum atomic E-state index is 0.520. The number of rotatable bonds is 6. The third-order valence-electron chi connectivity index (χ3n) is 5.09. The monoisotopic (exact) mass is 384 g/mol. The van der Waals surface area contributed by atoms with E-state index in [1.807, 2.05) is 0 Å². The molecule has 0 aromatic heterocycles. The maximum absolute atomic E-state index is 5.40. The van der Waals surface area contributed by atoms with Crippen molar-refractivity contribution in [3.63, 3.8) is 0 Å². The van der Waals surface area contributed by atoms with Crippen molar-refractivity contribution in [1.29, 1.82) is 0 Å². The van der Waals surface area contributed by atoms with Crippen LogP contribution in [0.2, 0.25) is 0 Å². The van der Waals surface area contributed by atoms with E-state index >= 15 is 0 Å². The van der Waals surface area contributed by atoms with Crippen molar-refractivity contribution in [2.45, 2.75) is 79.1 Å². The van der Waals surface area contributed by atoms with Crippen LogP contribution in [0.3, 0.4) is 0 Å². The first-order valence-electron chi connectivity index (χ1n) is 10.5. The highest BCUT2D eigenvalue weighted by atomic mass is 16.5. The Labute approximate surface area is 173 Å². The molecule has 0 unspecified atom stereocenters. The van der Waals surface area contributed by atoms with Gasteiger partial charge in [-0.3, -0.25) is 0 Å². The summed E-state index contributed by atoms with van der Waals surface area (Å²) in [5.74, 6) is 4.20. The van der Waals surface area contributed by atoms with Crippen molar-refractivity contribution >= 4 is 0 Å². The van der Waals surface area contributed by atoms with Crippen LogP contribution >= 0.6 is 0 Å². The van der Waals surface area contributed by atoms with Gasteiger partial charge in [0.25, 0.3) is 0 Å². The fraction of sp³-hybridized carbons (Fsp3) is 0.538. The highest BCUT2D eigenvalue weighted by Gasteiger charge is 2.10. The molecule has 0 aliphatic heterocycles. The Morgan fingerprint density at radius 3 is 1.04 bits per heavy atom. The molecule has 0 fully saturated rings. The first-order valence-corrected chi connectivity index (χ1v) is 10.5. The van der Waals surface area contributed by atoms with E-state index in [4.69, 9.17) is 9.47 Å². The van der Waals surface area contributed by atoms with Gasteiger partial charge in [0.1, 0.15) is 11.5 Å². The van der Waals surface area contributed by atoms with Crippen LogP contribution in [0.4, 0.5) is 0 Å². The van der Waals surface area contributed by atoms with Gasteiger partial charge in [0.05, 0.1) is 14.2 Å². The standard InChI is InChI=1S/2C13H20O/c2*1-9(2)11-6-7-12(10(3)4)13(8-11)14-5/h2*6-10H,1-5H3. The second kappa shape index (κ2) is 11.1. The van der Waals surface area contributed by atoms with E-state index in [0.717, 1.165) is 11.5 Å². The minimum absolute atomic E-state index is 0.520. The Hall–Kier alpha value is -1.96. The number of benzene rings is 2. The van der Waals surface area contributed by atoms with Crippen LogP contribution in [0.1, 0.15) is 101 Å². The fourth-order valence-corrected chi connectivity index (χ4v) is 3.13. The van der Waals surface area contributed by atoms with Crippen molar-refractivity contribution in [2.24, 2.45) is 0 Å². The summed E-state index contributed by atoms with van der Waals surface area (Å²) in [5, 5.41) is 0. The predicted molar refractivity (Wildman–Crippen MR) is 122 cm³/mol. The van der Waals surface area contributed by atoms with Crippen LogP contribution in [0, 0.1) is 0 Å². The molecule has 2 heteroatoms. The predicted octanol–water partition coefficient (Wildman–Crippen LogP) is 7.88. The lowest BCUT2D eigenvalue weighted by Gasteiger charge is -2.14. The summed E-state index contributed by atoms with van der Waals surface area (Å²) in [6.45, 7) is 17.5. The SMILES string of the molecule is COc1cc(C(C)C)ccc1C(C)C.COc1cc(C(C)C)ccc1C(C)C.